The molecule has 1 heterocycles. The summed E-state index contributed by atoms with van der Waals surface area (Å²) < 4.78 is 31.6. The van der Waals surface area contributed by atoms with Crippen LogP contribution in [0.5, 0.6) is 0 Å². The van der Waals surface area contributed by atoms with E-state index >= 15 is 0 Å². The number of sulfonamides is 1. The van der Waals surface area contributed by atoms with E-state index in [1.807, 2.05) is 0 Å². The van der Waals surface area contributed by atoms with E-state index < -0.39 is 28.5 Å². The summed E-state index contributed by atoms with van der Waals surface area (Å²) in [7, 11) is -3.57. The van der Waals surface area contributed by atoms with Gasteiger partial charge in [0, 0.05) is 19.1 Å². The number of carbonyl (C=O) groups is 3. The zero-order chi connectivity index (χ0) is 23.4. The van der Waals surface area contributed by atoms with Gasteiger partial charge in [-0.1, -0.05) is 12.1 Å². The molecule has 2 aromatic carbocycles. The number of nitrogens with one attached hydrogen (secondary N) is 2. The average Bonchev–Trinajstić information content (AvgIpc) is 3.44. The molecule has 33 heavy (non-hydrogen) atoms. The third kappa shape index (κ3) is 5.58. The van der Waals surface area contributed by atoms with Crippen LogP contribution in [-0.4, -0.2) is 56.2 Å². The van der Waals surface area contributed by atoms with Gasteiger partial charge in [0.2, 0.25) is 10.0 Å². The highest BCUT2D eigenvalue weighted by molar-refractivity contribution is 7.89. The van der Waals surface area contributed by atoms with Crippen molar-refractivity contribution >= 4 is 33.5 Å². The first-order valence-electron chi connectivity index (χ1n) is 10.8. The van der Waals surface area contributed by atoms with E-state index in [4.69, 9.17) is 4.74 Å². The van der Waals surface area contributed by atoms with Crippen molar-refractivity contribution in [1.29, 1.82) is 0 Å². The van der Waals surface area contributed by atoms with E-state index in [9.17, 15) is 22.8 Å². The number of carbonyl (C=O) groups excluding carboxylic acids is 3. The second-order valence-corrected chi connectivity index (χ2v) is 9.99. The molecule has 0 unspecified atom stereocenters. The largest absolute Gasteiger partial charge is 0.452 e. The molecule has 174 valence electrons. The van der Waals surface area contributed by atoms with Crippen molar-refractivity contribution in [2.45, 2.75) is 36.6 Å². The maximum Gasteiger partial charge on any atom is 0.338 e. The number of benzene rings is 2. The van der Waals surface area contributed by atoms with Crippen molar-refractivity contribution in [2.24, 2.45) is 0 Å². The Balaban J connectivity index is 1.33. The Morgan fingerprint density at radius 1 is 0.970 bits per heavy atom. The number of ether oxygens (including phenoxy) is 1. The highest BCUT2D eigenvalue weighted by Gasteiger charge is 2.27. The van der Waals surface area contributed by atoms with E-state index in [1.165, 1.54) is 28.6 Å². The van der Waals surface area contributed by atoms with Crippen LogP contribution in [-0.2, 0) is 19.6 Å². The fraction of sp³-hybridized carbons (Fsp3) is 0.348. The summed E-state index contributed by atoms with van der Waals surface area (Å²) in [6, 6.07) is 12.2. The topological polar surface area (TPSA) is 122 Å². The van der Waals surface area contributed by atoms with Gasteiger partial charge in [-0.05, 0) is 62.1 Å². The van der Waals surface area contributed by atoms with Crippen LogP contribution in [0.4, 0.5) is 5.69 Å². The predicted molar refractivity (Wildman–Crippen MR) is 120 cm³/mol. The smallest absolute Gasteiger partial charge is 0.338 e. The standard InChI is InChI=1S/C23H25N3O6S/c27-21(25-20-6-2-1-5-19(20)22(28)24-17-9-10-17)15-32-23(29)16-7-11-18(12-8-16)33(30,31)26-13-3-4-14-26/h1-2,5-8,11-12,17H,3-4,9-10,13-15H2,(H,24,28)(H,25,27). The Bertz CT molecular complexity index is 1150. The maximum atomic E-state index is 12.6. The molecule has 1 aliphatic carbocycles. The predicted octanol–water partition coefficient (Wildman–Crippen LogP) is 2.16. The third-order valence-electron chi connectivity index (χ3n) is 5.49. The van der Waals surface area contributed by atoms with Crippen LogP contribution in [0.3, 0.4) is 0 Å². The minimum Gasteiger partial charge on any atom is -0.452 e. The number of hydrogen-bond donors (Lipinski definition) is 2. The van der Waals surface area contributed by atoms with Crippen LogP contribution in [0.2, 0.25) is 0 Å². The van der Waals surface area contributed by atoms with Crippen molar-refractivity contribution in [3.05, 3.63) is 59.7 Å². The van der Waals surface area contributed by atoms with Crippen LogP contribution in [0.1, 0.15) is 46.4 Å². The van der Waals surface area contributed by atoms with Crippen molar-refractivity contribution in [2.75, 3.05) is 25.0 Å². The van der Waals surface area contributed by atoms with Crippen molar-refractivity contribution < 1.29 is 27.5 Å². The average molecular weight is 472 g/mol. The Hall–Kier alpha value is -3.24. The van der Waals surface area contributed by atoms with Crippen LogP contribution in [0, 0.1) is 0 Å². The lowest BCUT2D eigenvalue weighted by molar-refractivity contribution is -0.119. The first kappa shape index (κ1) is 22.9. The highest BCUT2D eigenvalue weighted by Crippen LogP contribution is 2.22. The third-order valence-corrected chi connectivity index (χ3v) is 7.40. The number of rotatable bonds is 8. The first-order valence-corrected chi connectivity index (χ1v) is 12.3. The number of hydrogen-bond acceptors (Lipinski definition) is 6. The summed E-state index contributed by atoms with van der Waals surface area (Å²) in [4.78, 5) is 37.0. The molecule has 2 fully saturated rings. The molecule has 9 nitrogen and oxygen atoms in total. The molecule has 2 N–H and O–H groups in total. The minimum absolute atomic E-state index is 0.111. The molecule has 1 saturated heterocycles. The molecule has 10 heteroatoms. The Morgan fingerprint density at radius 2 is 1.64 bits per heavy atom. The molecule has 1 saturated carbocycles. The summed E-state index contributed by atoms with van der Waals surface area (Å²) in [6.45, 7) is 0.435. The van der Waals surface area contributed by atoms with Gasteiger partial charge in [0.05, 0.1) is 21.7 Å². The van der Waals surface area contributed by atoms with Gasteiger partial charge in [-0.25, -0.2) is 13.2 Å². The maximum absolute atomic E-state index is 12.6. The molecule has 0 aromatic heterocycles. The van der Waals surface area contributed by atoms with Gasteiger partial charge < -0.3 is 15.4 Å². The second kappa shape index (κ2) is 9.72. The summed E-state index contributed by atoms with van der Waals surface area (Å²) in [5.41, 5.74) is 0.791. The lowest BCUT2D eigenvalue weighted by Crippen LogP contribution is -2.28. The first-order chi connectivity index (χ1) is 15.8. The molecule has 2 aliphatic rings. The van der Waals surface area contributed by atoms with E-state index in [0.717, 1.165) is 25.7 Å². The van der Waals surface area contributed by atoms with Gasteiger partial charge in [0.25, 0.3) is 11.8 Å². The highest BCUT2D eigenvalue weighted by atomic mass is 32.2. The minimum atomic E-state index is -3.57. The summed E-state index contributed by atoms with van der Waals surface area (Å²) in [5.74, 6) is -1.62. The van der Waals surface area contributed by atoms with Crippen LogP contribution in [0.25, 0.3) is 0 Å². The molecule has 2 aromatic rings. The van der Waals surface area contributed by atoms with E-state index in [-0.39, 0.29) is 22.4 Å². The fourth-order valence-corrected chi connectivity index (χ4v) is 5.04. The van der Waals surface area contributed by atoms with E-state index in [1.54, 1.807) is 24.3 Å². The molecular formula is C23H25N3O6S. The van der Waals surface area contributed by atoms with Gasteiger partial charge >= 0.3 is 5.97 Å². The van der Waals surface area contributed by atoms with Crippen molar-refractivity contribution in [3.63, 3.8) is 0 Å². The normalized spacial score (nSPS) is 16.2. The lowest BCUT2D eigenvalue weighted by Gasteiger charge is -2.15. The molecule has 1 aliphatic heterocycles. The number of esters is 1. The molecule has 2 amide bonds. The van der Waals surface area contributed by atoms with Gasteiger partial charge in [0.15, 0.2) is 6.61 Å². The van der Waals surface area contributed by atoms with Crippen LogP contribution in [0.15, 0.2) is 53.4 Å². The summed E-state index contributed by atoms with van der Waals surface area (Å²) in [6.07, 6.45) is 3.56. The van der Waals surface area contributed by atoms with E-state index in [2.05, 4.69) is 10.6 Å². The molecular weight excluding hydrogens is 446 g/mol. The lowest BCUT2D eigenvalue weighted by atomic mass is 10.1. The molecule has 0 radical (unpaired) electrons. The Kier molecular flexibility index (Phi) is 6.75. The van der Waals surface area contributed by atoms with Gasteiger partial charge in [-0.3, -0.25) is 9.59 Å². The van der Waals surface area contributed by atoms with Crippen LogP contribution < -0.4 is 10.6 Å². The van der Waals surface area contributed by atoms with E-state index in [0.29, 0.717) is 24.3 Å². The zero-order valence-electron chi connectivity index (χ0n) is 18.0. The summed E-state index contributed by atoms with van der Waals surface area (Å²) >= 11 is 0. The monoisotopic (exact) mass is 471 g/mol. The van der Waals surface area contributed by atoms with Crippen LogP contribution >= 0.6 is 0 Å². The van der Waals surface area contributed by atoms with Crippen molar-refractivity contribution in [1.82, 2.24) is 9.62 Å². The fourth-order valence-electron chi connectivity index (χ4n) is 3.52. The Labute approximate surface area is 192 Å². The number of amides is 2. The van der Waals surface area contributed by atoms with Gasteiger partial charge in [-0.15, -0.1) is 0 Å². The SMILES string of the molecule is O=C(COC(=O)c1ccc(S(=O)(=O)N2CCCC2)cc1)Nc1ccccc1C(=O)NC1CC1. The number of nitrogens with zero attached hydrogens (tertiary/aromatic N) is 1. The molecule has 0 spiro atoms. The molecule has 4 rings (SSSR count). The van der Waals surface area contributed by atoms with Gasteiger partial charge in [0.1, 0.15) is 0 Å². The number of para-hydroxylation sites is 1. The molecule has 0 atom stereocenters. The zero-order valence-corrected chi connectivity index (χ0v) is 18.8. The Morgan fingerprint density at radius 3 is 2.30 bits per heavy atom. The quantitative estimate of drug-likeness (QED) is 0.569. The number of anilines is 1. The van der Waals surface area contributed by atoms with Crippen molar-refractivity contribution in [3.8, 4) is 0 Å². The van der Waals surface area contributed by atoms with Gasteiger partial charge in [-0.2, -0.15) is 4.31 Å². The molecule has 0 bridgehead atoms. The summed E-state index contributed by atoms with van der Waals surface area (Å²) in [5, 5.41) is 5.46. The second-order valence-electron chi connectivity index (χ2n) is 8.05.